The van der Waals surface area contributed by atoms with Crippen molar-refractivity contribution >= 4 is 5.97 Å². The molecule has 0 saturated carbocycles. The van der Waals surface area contributed by atoms with Gasteiger partial charge in [0.05, 0.1) is 19.8 Å². The predicted molar refractivity (Wildman–Crippen MR) is 126 cm³/mol. The maximum atomic E-state index is 13.0. The number of aromatic nitrogens is 1. The maximum absolute atomic E-state index is 13.0. The molecule has 0 amide bonds. The number of benzene rings is 1. The summed E-state index contributed by atoms with van der Waals surface area (Å²) in [6.07, 6.45) is 4.55. The molecule has 182 valence electrons. The van der Waals surface area contributed by atoms with Gasteiger partial charge in [-0.15, -0.1) is 0 Å². The van der Waals surface area contributed by atoms with E-state index in [1.54, 1.807) is 4.57 Å². The first-order valence-corrected chi connectivity index (χ1v) is 12.2. The van der Waals surface area contributed by atoms with Crippen LogP contribution in [-0.4, -0.2) is 61.6 Å². The molecular weight excluding hydrogens is 436 g/mol. The van der Waals surface area contributed by atoms with Crippen LogP contribution in [0.1, 0.15) is 46.4 Å². The van der Waals surface area contributed by atoms with Crippen molar-refractivity contribution < 1.29 is 23.7 Å². The molecule has 3 aliphatic rings. The molecule has 0 aliphatic carbocycles. The molecule has 4 heterocycles. The van der Waals surface area contributed by atoms with E-state index in [-0.39, 0.29) is 11.7 Å². The summed E-state index contributed by atoms with van der Waals surface area (Å²) < 4.78 is 24.1. The van der Waals surface area contributed by atoms with Gasteiger partial charge >= 0.3 is 5.97 Å². The normalized spacial score (nSPS) is 20.1. The van der Waals surface area contributed by atoms with Crippen molar-refractivity contribution in [2.24, 2.45) is 0 Å². The standard InChI is InChI=1S/C26H32N2O6/c1-31-26(30)25-21-7-9-27(16-18-5-6-22-19(14-18)8-13-33-22)10-11-28(21)24(29)15-23(25)34-17-20-4-2-3-12-32-20/h5-6,14-15,20H,2-4,7-13,16-17H2,1H3. The molecule has 1 fully saturated rings. The zero-order valence-electron chi connectivity index (χ0n) is 19.7. The number of rotatable bonds is 6. The van der Waals surface area contributed by atoms with Gasteiger partial charge < -0.3 is 23.5 Å². The molecule has 1 aromatic carbocycles. The van der Waals surface area contributed by atoms with Gasteiger partial charge in [0, 0.05) is 57.4 Å². The van der Waals surface area contributed by atoms with Crippen LogP contribution in [0.5, 0.6) is 11.5 Å². The first-order chi connectivity index (χ1) is 16.6. The number of nitrogens with zero attached hydrogens (tertiary/aromatic N) is 2. The first kappa shape index (κ1) is 22.9. The molecule has 0 N–H and O–H groups in total. The summed E-state index contributed by atoms with van der Waals surface area (Å²) in [7, 11) is 1.36. The Balaban J connectivity index is 1.35. The number of fused-ring (bicyclic) bond motifs is 2. The molecule has 3 aliphatic heterocycles. The number of ether oxygens (including phenoxy) is 4. The average Bonchev–Trinajstić information content (AvgIpc) is 3.23. The van der Waals surface area contributed by atoms with E-state index >= 15 is 0 Å². The highest BCUT2D eigenvalue weighted by Gasteiger charge is 2.27. The van der Waals surface area contributed by atoms with E-state index in [4.69, 9.17) is 18.9 Å². The first-order valence-electron chi connectivity index (χ1n) is 12.2. The molecule has 8 heteroatoms. The van der Waals surface area contributed by atoms with Crippen LogP contribution in [0.2, 0.25) is 0 Å². The van der Waals surface area contributed by atoms with Crippen LogP contribution in [-0.2, 0) is 35.4 Å². The van der Waals surface area contributed by atoms with Crippen LogP contribution in [0.15, 0.2) is 29.1 Å². The van der Waals surface area contributed by atoms with Gasteiger partial charge in [0.15, 0.2) is 0 Å². The van der Waals surface area contributed by atoms with Gasteiger partial charge in [0.2, 0.25) is 0 Å². The Morgan fingerprint density at radius 3 is 2.85 bits per heavy atom. The minimum atomic E-state index is -0.476. The second kappa shape index (κ2) is 10.2. The van der Waals surface area contributed by atoms with E-state index < -0.39 is 5.97 Å². The summed E-state index contributed by atoms with van der Waals surface area (Å²) in [5, 5.41) is 0. The van der Waals surface area contributed by atoms with Crippen molar-refractivity contribution in [1.82, 2.24) is 9.47 Å². The summed E-state index contributed by atoms with van der Waals surface area (Å²) in [5.41, 5.74) is 3.37. The second-order valence-corrected chi connectivity index (χ2v) is 9.18. The highest BCUT2D eigenvalue weighted by atomic mass is 16.5. The van der Waals surface area contributed by atoms with Crippen molar-refractivity contribution in [1.29, 1.82) is 0 Å². The van der Waals surface area contributed by atoms with E-state index in [0.29, 0.717) is 36.6 Å². The zero-order chi connectivity index (χ0) is 23.5. The van der Waals surface area contributed by atoms with E-state index in [2.05, 4.69) is 17.0 Å². The molecule has 1 unspecified atom stereocenters. The Morgan fingerprint density at radius 1 is 1.12 bits per heavy atom. The van der Waals surface area contributed by atoms with Crippen LogP contribution >= 0.6 is 0 Å². The van der Waals surface area contributed by atoms with Gasteiger partial charge in [-0.2, -0.15) is 0 Å². The fraction of sp³-hybridized carbons (Fsp3) is 0.538. The Morgan fingerprint density at radius 2 is 2.03 bits per heavy atom. The number of pyridine rings is 1. The largest absolute Gasteiger partial charge is 0.493 e. The summed E-state index contributed by atoms with van der Waals surface area (Å²) in [6.45, 7) is 4.53. The zero-order valence-corrected chi connectivity index (χ0v) is 19.7. The number of hydrogen-bond acceptors (Lipinski definition) is 7. The van der Waals surface area contributed by atoms with Gasteiger partial charge in [0.1, 0.15) is 23.7 Å². The third-order valence-corrected chi connectivity index (χ3v) is 6.93. The SMILES string of the molecule is COC(=O)c1c(OCC2CCCCO2)cc(=O)n2c1CCN(Cc1ccc3c(c1)CCO3)CC2. The van der Waals surface area contributed by atoms with Crippen LogP contribution in [0.25, 0.3) is 0 Å². The van der Waals surface area contributed by atoms with Crippen LogP contribution in [0.4, 0.5) is 0 Å². The highest BCUT2D eigenvalue weighted by Crippen LogP contribution is 2.28. The number of carbonyl (C=O) groups is 1. The molecule has 2 aromatic rings. The van der Waals surface area contributed by atoms with E-state index in [1.807, 2.05) is 6.07 Å². The van der Waals surface area contributed by atoms with Gasteiger partial charge in [-0.05, 0) is 36.5 Å². The molecule has 1 aromatic heterocycles. The van der Waals surface area contributed by atoms with Crippen molar-refractivity contribution in [3.63, 3.8) is 0 Å². The van der Waals surface area contributed by atoms with Crippen molar-refractivity contribution in [3.8, 4) is 11.5 Å². The third kappa shape index (κ3) is 4.83. The minimum absolute atomic E-state index is 0.0194. The second-order valence-electron chi connectivity index (χ2n) is 9.18. The molecule has 34 heavy (non-hydrogen) atoms. The molecule has 5 rings (SSSR count). The smallest absolute Gasteiger partial charge is 0.343 e. The minimum Gasteiger partial charge on any atom is -0.493 e. The Kier molecular flexibility index (Phi) is 6.87. The fourth-order valence-corrected chi connectivity index (χ4v) is 5.11. The number of carbonyl (C=O) groups excluding carboxylic acids is 1. The summed E-state index contributed by atoms with van der Waals surface area (Å²) in [5.74, 6) is 0.798. The lowest BCUT2D eigenvalue weighted by molar-refractivity contribution is -0.0114. The molecule has 8 nitrogen and oxygen atoms in total. The van der Waals surface area contributed by atoms with E-state index in [1.165, 1.54) is 24.3 Å². The molecule has 0 radical (unpaired) electrons. The molecule has 1 atom stereocenters. The van der Waals surface area contributed by atoms with E-state index in [9.17, 15) is 9.59 Å². The topological polar surface area (TPSA) is 79.2 Å². The van der Waals surface area contributed by atoms with Gasteiger partial charge in [-0.1, -0.05) is 12.1 Å². The van der Waals surface area contributed by atoms with Crippen molar-refractivity contribution in [3.05, 3.63) is 57.0 Å². The number of hydrogen-bond donors (Lipinski definition) is 0. The van der Waals surface area contributed by atoms with Crippen LogP contribution in [0.3, 0.4) is 0 Å². The lowest BCUT2D eigenvalue weighted by atomic mass is 10.1. The number of esters is 1. The molecule has 1 saturated heterocycles. The Bertz CT molecular complexity index is 1110. The number of methoxy groups -OCH3 is 1. The average molecular weight is 469 g/mol. The van der Waals surface area contributed by atoms with Crippen LogP contribution in [0, 0.1) is 0 Å². The lowest BCUT2D eigenvalue weighted by Gasteiger charge is -2.24. The Labute approximate surface area is 199 Å². The maximum Gasteiger partial charge on any atom is 0.343 e. The quantitative estimate of drug-likeness (QED) is 0.603. The van der Waals surface area contributed by atoms with Gasteiger partial charge in [-0.25, -0.2) is 4.79 Å². The van der Waals surface area contributed by atoms with E-state index in [0.717, 1.165) is 64.3 Å². The van der Waals surface area contributed by atoms with Crippen LogP contribution < -0.4 is 15.0 Å². The molecule has 0 spiro atoms. The lowest BCUT2D eigenvalue weighted by Crippen LogP contribution is -2.30. The van der Waals surface area contributed by atoms with Crippen molar-refractivity contribution in [2.45, 2.75) is 51.3 Å². The monoisotopic (exact) mass is 468 g/mol. The van der Waals surface area contributed by atoms with Crippen molar-refractivity contribution in [2.75, 3.05) is 40.0 Å². The fourth-order valence-electron chi connectivity index (χ4n) is 5.11. The summed E-state index contributed by atoms with van der Waals surface area (Å²) in [6, 6.07) is 7.79. The third-order valence-electron chi connectivity index (χ3n) is 6.93. The van der Waals surface area contributed by atoms with Gasteiger partial charge in [0.25, 0.3) is 5.56 Å². The highest BCUT2D eigenvalue weighted by molar-refractivity contribution is 5.93. The molecular formula is C26H32N2O6. The molecule has 0 bridgehead atoms. The summed E-state index contributed by atoms with van der Waals surface area (Å²) >= 11 is 0. The van der Waals surface area contributed by atoms with Gasteiger partial charge in [-0.3, -0.25) is 9.69 Å². The summed E-state index contributed by atoms with van der Waals surface area (Å²) in [4.78, 5) is 28.1. The predicted octanol–water partition coefficient (Wildman–Crippen LogP) is 2.58. The Hall–Kier alpha value is -2.84.